The number of halogens is 1. The Balaban J connectivity index is 1.21. The van der Waals surface area contributed by atoms with Crippen molar-refractivity contribution < 1.29 is 33.4 Å². The van der Waals surface area contributed by atoms with Gasteiger partial charge < -0.3 is 29.9 Å². The van der Waals surface area contributed by atoms with Crippen molar-refractivity contribution in [3.05, 3.63) is 63.7 Å². The minimum atomic E-state index is -0.663. The molecule has 0 aromatic heterocycles. The van der Waals surface area contributed by atoms with Gasteiger partial charge in [0.15, 0.2) is 0 Å². The molecule has 0 spiro atoms. The number of amides is 6. The number of benzene rings is 2. The Morgan fingerprint density at radius 3 is 2.56 bits per heavy atom. The molecule has 0 saturated carbocycles. The Labute approximate surface area is 267 Å². The lowest BCUT2D eigenvalue weighted by Crippen LogP contribution is -2.53. The molecular weight excluding hydrogens is 602 g/mol. The second-order valence-electron chi connectivity index (χ2n) is 12.1. The first-order chi connectivity index (χ1) is 21.2. The maximum Gasteiger partial charge on any atom is 0.410 e. The van der Waals surface area contributed by atoms with E-state index in [1.165, 1.54) is 16.8 Å². The number of likely N-dealkylation sites (N-methyl/N-ethyl adjacent to an activating group) is 2. The number of carbonyl (C=O) groups excluding carboxylic acids is 5. The molecule has 242 valence electrons. The SMILES string of the molecule is CN(CCOCCc1ccc(NC(=O)NCc2ccc3c(c2)CN(C2CCC(=O)N(C)C2=O)C3=O)cc1Cl)C(=O)OC(C)(C)C. The molecule has 0 aliphatic carbocycles. The van der Waals surface area contributed by atoms with E-state index in [0.717, 1.165) is 21.6 Å². The van der Waals surface area contributed by atoms with E-state index >= 15 is 0 Å². The van der Waals surface area contributed by atoms with Gasteiger partial charge in [-0.05, 0) is 68.5 Å². The lowest BCUT2D eigenvalue weighted by Gasteiger charge is -2.33. The summed E-state index contributed by atoms with van der Waals surface area (Å²) in [5, 5.41) is 6.07. The molecule has 2 aromatic rings. The molecule has 0 bridgehead atoms. The number of urea groups is 1. The first-order valence-electron chi connectivity index (χ1n) is 14.8. The van der Waals surface area contributed by atoms with Crippen LogP contribution in [-0.2, 0) is 38.6 Å². The molecule has 45 heavy (non-hydrogen) atoms. The van der Waals surface area contributed by atoms with Crippen molar-refractivity contribution in [3.63, 3.8) is 0 Å². The normalized spacial score (nSPS) is 16.5. The highest BCUT2D eigenvalue weighted by Gasteiger charge is 2.41. The first kappa shape index (κ1) is 33.7. The van der Waals surface area contributed by atoms with Crippen molar-refractivity contribution >= 4 is 47.1 Å². The number of hydrogen-bond acceptors (Lipinski definition) is 7. The third kappa shape index (κ3) is 8.73. The van der Waals surface area contributed by atoms with Crippen LogP contribution in [-0.4, -0.2) is 90.0 Å². The molecule has 1 atom stereocenters. The first-order valence-corrected chi connectivity index (χ1v) is 15.2. The minimum absolute atomic E-state index is 0.219. The summed E-state index contributed by atoms with van der Waals surface area (Å²) in [6.45, 7) is 7.09. The average molecular weight is 642 g/mol. The fourth-order valence-corrected chi connectivity index (χ4v) is 5.32. The standard InChI is InChI=1S/C32H40ClN5O7/c1-32(2,3)45-31(43)36(4)13-15-44-14-12-21-7-8-23(17-25(21)33)35-30(42)34-18-20-6-9-24-22(16-20)19-38(28(24)40)26-10-11-27(39)37(5)29(26)41/h6-9,16-17,26H,10-15,18-19H2,1-5H3,(H2,34,35,42). The minimum Gasteiger partial charge on any atom is -0.444 e. The number of ether oxygens (including phenoxy) is 2. The van der Waals surface area contributed by atoms with Gasteiger partial charge in [0.2, 0.25) is 5.91 Å². The number of fused-ring (bicyclic) bond motifs is 1. The lowest BCUT2D eigenvalue weighted by molar-refractivity contribution is -0.150. The smallest absolute Gasteiger partial charge is 0.410 e. The Kier molecular flexibility index (Phi) is 10.7. The Morgan fingerprint density at radius 2 is 1.84 bits per heavy atom. The van der Waals surface area contributed by atoms with Crippen LogP contribution < -0.4 is 10.6 Å². The van der Waals surface area contributed by atoms with Crippen molar-refractivity contribution in [3.8, 4) is 0 Å². The number of imide groups is 1. The van der Waals surface area contributed by atoms with Gasteiger partial charge in [-0.15, -0.1) is 0 Å². The van der Waals surface area contributed by atoms with Gasteiger partial charge in [0.25, 0.3) is 11.8 Å². The van der Waals surface area contributed by atoms with Crippen LogP contribution in [0.5, 0.6) is 0 Å². The van der Waals surface area contributed by atoms with Crippen LogP contribution >= 0.6 is 11.6 Å². The molecule has 4 rings (SSSR count). The second kappa shape index (κ2) is 14.3. The molecule has 2 N–H and O–H groups in total. The summed E-state index contributed by atoms with van der Waals surface area (Å²) in [7, 11) is 3.10. The fourth-order valence-electron chi connectivity index (χ4n) is 5.05. The van der Waals surface area contributed by atoms with Gasteiger partial charge >= 0.3 is 12.1 Å². The molecule has 0 radical (unpaired) electrons. The van der Waals surface area contributed by atoms with Crippen molar-refractivity contribution in [1.29, 1.82) is 0 Å². The molecule has 1 unspecified atom stereocenters. The summed E-state index contributed by atoms with van der Waals surface area (Å²) in [4.78, 5) is 66.1. The van der Waals surface area contributed by atoms with Crippen molar-refractivity contribution in [2.75, 3.05) is 39.2 Å². The predicted octanol–water partition coefficient (Wildman–Crippen LogP) is 4.19. The number of hydrogen-bond donors (Lipinski definition) is 2. The summed E-state index contributed by atoms with van der Waals surface area (Å²) in [6.07, 6.45) is 0.684. The van der Waals surface area contributed by atoms with E-state index in [1.807, 2.05) is 32.9 Å². The van der Waals surface area contributed by atoms with E-state index in [0.29, 0.717) is 48.9 Å². The molecule has 2 aliphatic heterocycles. The highest BCUT2D eigenvalue weighted by Crippen LogP contribution is 2.29. The van der Waals surface area contributed by atoms with Crippen LogP contribution in [0, 0.1) is 0 Å². The molecule has 2 aromatic carbocycles. The Hall–Kier alpha value is -4.16. The van der Waals surface area contributed by atoms with E-state index < -0.39 is 23.8 Å². The van der Waals surface area contributed by atoms with E-state index in [-0.39, 0.29) is 37.2 Å². The predicted molar refractivity (Wildman–Crippen MR) is 168 cm³/mol. The maximum atomic E-state index is 13.0. The van der Waals surface area contributed by atoms with E-state index in [4.69, 9.17) is 21.1 Å². The van der Waals surface area contributed by atoms with E-state index in [9.17, 15) is 24.0 Å². The monoisotopic (exact) mass is 641 g/mol. The van der Waals surface area contributed by atoms with Gasteiger partial charge in [-0.1, -0.05) is 29.8 Å². The van der Waals surface area contributed by atoms with Crippen LogP contribution in [0.3, 0.4) is 0 Å². The molecule has 6 amide bonds. The summed E-state index contributed by atoms with van der Waals surface area (Å²) in [6, 6.07) is 9.47. The van der Waals surface area contributed by atoms with Crippen molar-refractivity contribution in [1.82, 2.24) is 20.0 Å². The summed E-state index contributed by atoms with van der Waals surface area (Å²) in [5.74, 6) is -0.845. The molecule has 1 saturated heterocycles. The summed E-state index contributed by atoms with van der Waals surface area (Å²) in [5.41, 5.74) is 2.92. The fraction of sp³-hybridized carbons (Fsp3) is 0.469. The van der Waals surface area contributed by atoms with Gasteiger partial charge in [0, 0.05) is 56.4 Å². The summed E-state index contributed by atoms with van der Waals surface area (Å²) >= 11 is 6.44. The third-order valence-corrected chi connectivity index (χ3v) is 7.91. The molecule has 2 aliphatic rings. The van der Waals surface area contributed by atoms with Gasteiger partial charge in [0.05, 0.1) is 13.2 Å². The van der Waals surface area contributed by atoms with Gasteiger partial charge in [0.1, 0.15) is 11.6 Å². The molecule has 13 heteroatoms. The quantitative estimate of drug-likeness (QED) is 0.293. The van der Waals surface area contributed by atoms with E-state index in [2.05, 4.69) is 10.6 Å². The largest absolute Gasteiger partial charge is 0.444 e. The highest BCUT2D eigenvalue weighted by molar-refractivity contribution is 6.31. The number of carbonyl (C=O) groups is 5. The highest BCUT2D eigenvalue weighted by atomic mass is 35.5. The third-order valence-electron chi connectivity index (χ3n) is 7.56. The zero-order valence-electron chi connectivity index (χ0n) is 26.3. The maximum absolute atomic E-state index is 13.0. The Morgan fingerprint density at radius 1 is 1.09 bits per heavy atom. The number of likely N-dealkylation sites (tertiary alicyclic amines) is 1. The number of rotatable bonds is 10. The lowest BCUT2D eigenvalue weighted by atomic mass is 10.0. The topological polar surface area (TPSA) is 138 Å². The van der Waals surface area contributed by atoms with Crippen LogP contribution in [0.1, 0.15) is 60.7 Å². The van der Waals surface area contributed by atoms with Gasteiger partial charge in [-0.25, -0.2) is 9.59 Å². The van der Waals surface area contributed by atoms with Crippen LogP contribution in [0.4, 0.5) is 15.3 Å². The van der Waals surface area contributed by atoms with Crippen LogP contribution in [0.2, 0.25) is 5.02 Å². The molecular formula is C32H40ClN5O7. The van der Waals surface area contributed by atoms with Crippen molar-refractivity contribution in [2.24, 2.45) is 0 Å². The van der Waals surface area contributed by atoms with Gasteiger partial charge in [-0.2, -0.15) is 0 Å². The zero-order chi connectivity index (χ0) is 32.9. The molecule has 1 fully saturated rings. The van der Waals surface area contributed by atoms with Gasteiger partial charge in [-0.3, -0.25) is 19.3 Å². The van der Waals surface area contributed by atoms with E-state index in [1.54, 1.807) is 31.3 Å². The number of anilines is 1. The van der Waals surface area contributed by atoms with Crippen LogP contribution in [0.15, 0.2) is 36.4 Å². The Bertz CT molecular complexity index is 1470. The molecule has 2 heterocycles. The summed E-state index contributed by atoms with van der Waals surface area (Å²) < 4.78 is 11.0. The second-order valence-corrected chi connectivity index (χ2v) is 12.6. The average Bonchev–Trinajstić information content (AvgIpc) is 3.29. The zero-order valence-corrected chi connectivity index (χ0v) is 27.0. The molecule has 12 nitrogen and oxygen atoms in total. The van der Waals surface area contributed by atoms with Crippen molar-refractivity contribution in [2.45, 2.75) is 64.8 Å². The number of nitrogens with one attached hydrogen (secondary N) is 2. The number of piperidine rings is 1. The number of nitrogens with zero attached hydrogens (tertiary/aromatic N) is 3. The van der Waals surface area contributed by atoms with Crippen LogP contribution in [0.25, 0.3) is 0 Å².